The fraction of sp³-hybridized carbons (Fsp3) is 0.0556. The first kappa shape index (κ1) is 15.3. The molecular weight excluding hydrogens is 304 g/mol. The third-order valence-corrected chi connectivity index (χ3v) is 3.30. The highest BCUT2D eigenvalue weighted by molar-refractivity contribution is 5.84. The van der Waals surface area contributed by atoms with Gasteiger partial charge < -0.3 is 4.74 Å². The Morgan fingerprint density at radius 2 is 1.92 bits per heavy atom. The van der Waals surface area contributed by atoms with E-state index in [1.807, 2.05) is 36.4 Å². The third kappa shape index (κ3) is 3.78. The Labute approximate surface area is 138 Å². The number of benzene rings is 2. The minimum absolute atomic E-state index is 0.217. The molecule has 2 aromatic carbocycles. The van der Waals surface area contributed by atoms with Crippen LogP contribution in [-0.2, 0) is 11.3 Å². The highest BCUT2D eigenvalue weighted by atomic mass is 16.5. The van der Waals surface area contributed by atoms with E-state index in [0.717, 1.165) is 11.3 Å². The average Bonchev–Trinajstić information content (AvgIpc) is 3.11. The maximum Gasteiger partial charge on any atom is 0.411 e. The van der Waals surface area contributed by atoms with Gasteiger partial charge in [-0.15, -0.1) is 0 Å². The number of ether oxygens (including phenoxy) is 1. The van der Waals surface area contributed by atoms with Gasteiger partial charge in [0.05, 0.1) is 17.4 Å². The molecule has 0 fully saturated rings. The second-order valence-corrected chi connectivity index (χ2v) is 5.02. The summed E-state index contributed by atoms with van der Waals surface area (Å²) in [5.41, 5.74) is 2.82. The van der Waals surface area contributed by atoms with Gasteiger partial charge in [0.25, 0.3) is 0 Å². The van der Waals surface area contributed by atoms with Crippen LogP contribution in [-0.4, -0.2) is 15.9 Å². The molecule has 3 aromatic rings. The van der Waals surface area contributed by atoms with Gasteiger partial charge >= 0.3 is 6.09 Å². The summed E-state index contributed by atoms with van der Waals surface area (Å²) in [6, 6.07) is 18.6. The number of nitrogens with zero attached hydrogens (tertiary/aromatic N) is 3. The van der Waals surface area contributed by atoms with E-state index in [1.54, 1.807) is 35.1 Å². The minimum Gasteiger partial charge on any atom is -0.444 e. The molecule has 24 heavy (non-hydrogen) atoms. The molecule has 1 heterocycles. The summed E-state index contributed by atoms with van der Waals surface area (Å²) < 4.78 is 6.75. The molecule has 0 spiro atoms. The zero-order valence-corrected chi connectivity index (χ0v) is 12.7. The van der Waals surface area contributed by atoms with E-state index >= 15 is 0 Å². The normalized spacial score (nSPS) is 9.96. The number of anilines is 1. The first-order chi connectivity index (χ1) is 11.7. The summed E-state index contributed by atoms with van der Waals surface area (Å²) in [6.45, 7) is 0.217. The second-order valence-electron chi connectivity index (χ2n) is 5.02. The van der Waals surface area contributed by atoms with Gasteiger partial charge in [0.1, 0.15) is 12.7 Å². The number of nitrogens with one attached hydrogen (secondary N) is 1. The largest absolute Gasteiger partial charge is 0.444 e. The number of carbonyl (C=O) groups excluding carboxylic acids is 1. The van der Waals surface area contributed by atoms with Crippen molar-refractivity contribution in [3.05, 3.63) is 78.1 Å². The van der Waals surface area contributed by atoms with Crippen LogP contribution in [0.3, 0.4) is 0 Å². The molecule has 0 saturated carbocycles. The zero-order chi connectivity index (χ0) is 16.8. The fourth-order valence-electron chi connectivity index (χ4n) is 2.10. The SMILES string of the molecule is N#Cc1cnn(-c2ccc(NC(=O)OCc3ccccc3)cc2)c1. The smallest absolute Gasteiger partial charge is 0.411 e. The Morgan fingerprint density at radius 1 is 1.17 bits per heavy atom. The molecule has 0 saturated heterocycles. The zero-order valence-electron chi connectivity index (χ0n) is 12.7. The van der Waals surface area contributed by atoms with Crippen LogP contribution >= 0.6 is 0 Å². The van der Waals surface area contributed by atoms with E-state index in [1.165, 1.54) is 6.20 Å². The average molecular weight is 318 g/mol. The van der Waals surface area contributed by atoms with E-state index < -0.39 is 6.09 Å². The van der Waals surface area contributed by atoms with Crippen molar-refractivity contribution in [1.82, 2.24) is 9.78 Å². The van der Waals surface area contributed by atoms with E-state index in [-0.39, 0.29) is 6.61 Å². The van der Waals surface area contributed by atoms with E-state index in [9.17, 15) is 4.79 Å². The van der Waals surface area contributed by atoms with Gasteiger partial charge in [-0.05, 0) is 29.8 Å². The monoisotopic (exact) mass is 318 g/mol. The van der Waals surface area contributed by atoms with Crippen LogP contribution in [0.15, 0.2) is 67.0 Å². The van der Waals surface area contributed by atoms with Crippen LogP contribution in [0, 0.1) is 11.3 Å². The molecule has 1 amide bonds. The van der Waals surface area contributed by atoms with Crippen molar-refractivity contribution in [2.24, 2.45) is 0 Å². The number of hydrogen-bond acceptors (Lipinski definition) is 4. The van der Waals surface area contributed by atoms with Gasteiger partial charge in [-0.1, -0.05) is 30.3 Å². The van der Waals surface area contributed by atoms with Crippen LogP contribution < -0.4 is 5.32 Å². The fourth-order valence-corrected chi connectivity index (χ4v) is 2.10. The summed E-state index contributed by atoms with van der Waals surface area (Å²) >= 11 is 0. The Bertz CT molecular complexity index is 864. The maximum absolute atomic E-state index is 11.8. The molecule has 0 radical (unpaired) electrons. The standard InChI is InChI=1S/C18H14N4O2/c19-10-15-11-20-22(12-15)17-8-6-16(7-9-17)21-18(23)24-13-14-4-2-1-3-5-14/h1-9,11-12H,13H2,(H,21,23). The number of hydrogen-bond donors (Lipinski definition) is 1. The van der Waals surface area contributed by atoms with Crippen LogP contribution in [0.4, 0.5) is 10.5 Å². The number of carbonyl (C=O) groups is 1. The van der Waals surface area contributed by atoms with E-state index in [0.29, 0.717) is 11.3 Å². The minimum atomic E-state index is -0.516. The number of amides is 1. The van der Waals surface area contributed by atoms with Crippen molar-refractivity contribution in [2.75, 3.05) is 5.32 Å². The predicted molar refractivity (Wildman–Crippen MR) is 88.5 cm³/mol. The number of rotatable bonds is 4. The van der Waals surface area contributed by atoms with Gasteiger partial charge in [0.15, 0.2) is 0 Å². The van der Waals surface area contributed by atoms with Crippen molar-refractivity contribution in [1.29, 1.82) is 5.26 Å². The first-order valence-corrected chi connectivity index (χ1v) is 7.27. The quantitative estimate of drug-likeness (QED) is 0.798. The van der Waals surface area contributed by atoms with Gasteiger partial charge in [-0.2, -0.15) is 10.4 Å². The molecule has 0 unspecified atom stereocenters. The lowest BCUT2D eigenvalue weighted by Gasteiger charge is -2.08. The van der Waals surface area contributed by atoms with Crippen molar-refractivity contribution >= 4 is 11.8 Å². The third-order valence-electron chi connectivity index (χ3n) is 3.30. The highest BCUT2D eigenvalue weighted by Crippen LogP contribution is 2.14. The number of nitriles is 1. The van der Waals surface area contributed by atoms with Crippen LogP contribution in [0.2, 0.25) is 0 Å². The van der Waals surface area contributed by atoms with Crippen molar-refractivity contribution in [3.63, 3.8) is 0 Å². The van der Waals surface area contributed by atoms with Crippen LogP contribution in [0.5, 0.6) is 0 Å². The van der Waals surface area contributed by atoms with Crippen molar-refractivity contribution < 1.29 is 9.53 Å². The molecule has 0 atom stereocenters. The summed E-state index contributed by atoms with van der Waals surface area (Å²) in [4.78, 5) is 11.8. The lowest BCUT2D eigenvalue weighted by atomic mass is 10.2. The van der Waals surface area contributed by atoms with Crippen molar-refractivity contribution in [3.8, 4) is 11.8 Å². The van der Waals surface area contributed by atoms with Gasteiger partial charge in [0.2, 0.25) is 0 Å². The molecular formula is C18H14N4O2. The van der Waals surface area contributed by atoms with Gasteiger partial charge in [-0.3, -0.25) is 5.32 Å². The van der Waals surface area contributed by atoms with Gasteiger partial charge in [-0.25, -0.2) is 9.48 Å². The molecule has 6 nitrogen and oxygen atoms in total. The van der Waals surface area contributed by atoms with E-state index in [4.69, 9.17) is 10.00 Å². The molecule has 0 bridgehead atoms. The molecule has 118 valence electrons. The summed E-state index contributed by atoms with van der Waals surface area (Å²) in [5, 5.41) is 15.6. The molecule has 0 aliphatic rings. The second kappa shape index (κ2) is 7.11. The molecule has 6 heteroatoms. The molecule has 0 aliphatic heterocycles. The maximum atomic E-state index is 11.8. The summed E-state index contributed by atoms with van der Waals surface area (Å²) in [6.07, 6.45) is 2.61. The van der Waals surface area contributed by atoms with Gasteiger partial charge in [0, 0.05) is 11.9 Å². The Morgan fingerprint density at radius 3 is 2.58 bits per heavy atom. The summed E-state index contributed by atoms with van der Waals surface area (Å²) in [5.74, 6) is 0. The molecule has 1 N–H and O–H groups in total. The summed E-state index contributed by atoms with van der Waals surface area (Å²) in [7, 11) is 0. The highest BCUT2D eigenvalue weighted by Gasteiger charge is 2.05. The Hall–Kier alpha value is -3.59. The topological polar surface area (TPSA) is 79.9 Å². The molecule has 0 aliphatic carbocycles. The first-order valence-electron chi connectivity index (χ1n) is 7.27. The molecule has 1 aromatic heterocycles. The van der Waals surface area contributed by atoms with E-state index in [2.05, 4.69) is 10.4 Å². The number of aromatic nitrogens is 2. The lowest BCUT2D eigenvalue weighted by Crippen LogP contribution is -2.13. The Balaban J connectivity index is 1.57. The Kier molecular flexibility index (Phi) is 4.54. The molecule has 3 rings (SSSR count). The lowest BCUT2D eigenvalue weighted by molar-refractivity contribution is 0.155. The van der Waals surface area contributed by atoms with Crippen LogP contribution in [0.25, 0.3) is 5.69 Å². The predicted octanol–water partition coefficient (Wildman–Crippen LogP) is 3.49. The van der Waals surface area contributed by atoms with Crippen LogP contribution in [0.1, 0.15) is 11.1 Å². The van der Waals surface area contributed by atoms with Crippen molar-refractivity contribution in [2.45, 2.75) is 6.61 Å².